The molecule has 0 radical (unpaired) electrons. The zero-order valence-electron chi connectivity index (χ0n) is 24.0. The van der Waals surface area contributed by atoms with Crippen LogP contribution in [-0.4, -0.2) is 64.2 Å². The van der Waals surface area contributed by atoms with Gasteiger partial charge in [0.1, 0.15) is 35.4 Å². The van der Waals surface area contributed by atoms with Crippen molar-refractivity contribution in [1.82, 2.24) is 15.3 Å². The van der Waals surface area contributed by atoms with Gasteiger partial charge < -0.3 is 29.3 Å². The van der Waals surface area contributed by atoms with Crippen molar-refractivity contribution in [1.29, 1.82) is 0 Å². The summed E-state index contributed by atoms with van der Waals surface area (Å²) < 4.78 is 52.9. The molecule has 1 fully saturated rings. The van der Waals surface area contributed by atoms with Crippen molar-refractivity contribution in [2.24, 2.45) is 0 Å². The maximum atomic E-state index is 15.8. The second kappa shape index (κ2) is 11.9. The van der Waals surface area contributed by atoms with E-state index in [1.54, 1.807) is 32.9 Å². The Kier molecular flexibility index (Phi) is 9.01. The largest absolute Gasteiger partial charge is 0.459 e. The summed E-state index contributed by atoms with van der Waals surface area (Å²) in [5.41, 5.74) is -1.14. The standard InChI is InChI=1S/C28H39FN3O8P/c1-17(25(35)39-27(3,4)5)31-41(36,40-21-13-9-11-19-10-7-8-12-20(19)21)37-16-22-24(34)28(6,29)26(38-22)32-15-14-23(33)30-18(32)2/h9,11,13-15,17,22,24,26,34H,2,7-8,10,12,16H2,1,3-6H3,(H,30,33)(H,31,36)/t17-,22+,24+,26+,28+,41?/m0/s1. The van der Waals surface area contributed by atoms with Gasteiger partial charge in [0.25, 0.3) is 5.91 Å². The van der Waals surface area contributed by atoms with Crippen molar-refractivity contribution in [2.45, 2.75) is 96.0 Å². The lowest BCUT2D eigenvalue weighted by molar-refractivity contribution is -0.156. The first kappa shape index (κ1) is 31.2. The number of aliphatic hydroxyl groups is 1. The molecule has 41 heavy (non-hydrogen) atoms. The Morgan fingerprint density at radius 1 is 1.37 bits per heavy atom. The van der Waals surface area contributed by atoms with Crippen LogP contribution in [0.1, 0.15) is 58.6 Å². The molecule has 1 amide bonds. The Bertz CT molecular complexity index is 1260. The summed E-state index contributed by atoms with van der Waals surface area (Å²) in [5.74, 6) is -0.695. The molecule has 1 aromatic rings. The van der Waals surface area contributed by atoms with Gasteiger partial charge in [-0.3, -0.25) is 14.1 Å². The lowest BCUT2D eigenvalue weighted by atomic mass is 9.91. The third kappa shape index (κ3) is 7.18. The fourth-order valence-electron chi connectivity index (χ4n) is 4.96. The molecule has 1 unspecified atom stereocenters. The highest BCUT2D eigenvalue weighted by molar-refractivity contribution is 7.52. The number of benzene rings is 1. The first-order valence-corrected chi connectivity index (χ1v) is 15.2. The molecule has 6 atom stereocenters. The number of fused-ring (bicyclic) bond motifs is 1. The average molecular weight is 596 g/mol. The number of amides is 1. The first-order valence-electron chi connectivity index (χ1n) is 13.6. The van der Waals surface area contributed by atoms with Gasteiger partial charge in [-0.05, 0) is 77.5 Å². The van der Waals surface area contributed by atoms with E-state index in [1.807, 2.05) is 6.07 Å². The zero-order valence-corrected chi connectivity index (χ0v) is 24.9. The molecule has 1 aromatic carbocycles. The summed E-state index contributed by atoms with van der Waals surface area (Å²) >= 11 is 0. The second-order valence-corrected chi connectivity index (χ2v) is 13.3. The van der Waals surface area contributed by atoms with Gasteiger partial charge in [0, 0.05) is 12.3 Å². The lowest BCUT2D eigenvalue weighted by Gasteiger charge is -2.35. The molecule has 1 aliphatic carbocycles. The molecule has 0 spiro atoms. The van der Waals surface area contributed by atoms with Gasteiger partial charge >= 0.3 is 13.7 Å². The fourth-order valence-corrected chi connectivity index (χ4v) is 6.49. The summed E-state index contributed by atoms with van der Waals surface area (Å²) in [7, 11) is -4.32. The van der Waals surface area contributed by atoms with Crippen LogP contribution in [0.4, 0.5) is 4.39 Å². The van der Waals surface area contributed by atoms with E-state index in [1.165, 1.54) is 24.1 Å². The van der Waals surface area contributed by atoms with Crippen LogP contribution >= 0.6 is 7.75 Å². The topological polar surface area (TPSA) is 136 Å². The maximum absolute atomic E-state index is 15.8. The Morgan fingerprint density at radius 2 is 2.07 bits per heavy atom. The minimum Gasteiger partial charge on any atom is -0.459 e. The smallest absolute Gasteiger partial charge is 0.459 e. The molecular formula is C28H39FN3O8P. The highest BCUT2D eigenvalue weighted by Crippen LogP contribution is 2.48. The van der Waals surface area contributed by atoms with Crippen molar-refractivity contribution in [3.05, 3.63) is 54.0 Å². The van der Waals surface area contributed by atoms with Crippen LogP contribution in [-0.2, 0) is 41.0 Å². The Morgan fingerprint density at radius 3 is 2.76 bits per heavy atom. The van der Waals surface area contributed by atoms with Crippen LogP contribution in [0.5, 0.6) is 5.75 Å². The van der Waals surface area contributed by atoms with E-state index in [4.69, 9.17) is 18.5 Å². The molecule has 4 rings (SSSR count). The van der Waals surface area contributed by atoms with Crippen molar-refractivity contribution in [2.75, 3.05) is 6.61 Å². The molecule has 0 bridgehead atoms. The number of rotatable bonds is 9. The highest BCUT2D eigenvalue weighted by Gasteiger charge is 2.57. The Labute approximate surface area is 239 Å². The Hall–Kier alpha value is -2.76. The van der Waals surface area contributed by atoms with Gasteiger partial charge in [0.05, 0.1) is 6.61 Å². The molecule has 0 saturated carbocycles. The fraction of sp³-hybridized carbons (Fsp3) is 0.571. The van der Waals surface area contributed by atoms with Gasteiger partial charge in [0.2, 0.25) is 0 Å². The summed E-state index contributed by atoms with van der Waals surface area (Å²) in [4.78, 5) is 25.6. The van der Waals surface area contributed by atoms with Gasteiger partial charge in [0.15, 0.2) is 11.9 Å². The molecular weight excluding hydrogens is 556 g/mol. The van der Waals surface area contributed by atoms with Crippen LogP contribution in [0, 0.1) is 0 Å². The molecule has 13 heteroatoms. The molecule has 3 aliphatic rings. The number of nitrogens with one attached hydrogen (secondary N) is 2. The van der Waals surface area contributed by atoms with Crippen LogP contribution < -0.4 is 14.9 Å². The number of carbonyl (C=O) groups is 2. The molecule has 2 heterocycles. The highest BCUT2D eigenvalue weighted by atomic mass is 31.2. The second-order valence-electron chi connectivity index (χ2n) is 11.7. The number of halogens is 1. The van der Waals surface area contributed by atoms with Gasteiger partial charge in [-0.1, -0.05) is 18.7 Å². The minimum atomic E-state index is -4.32. The number of hydrogen-bond acceptors (Lipinski definition) is 9. The number of nitrogens with zero attached hydrogens (tertiary/aromatic N) is 1. The molecule has 0 aromatic heterocycles. The number of aryl methyl sites for hydroxylation is 1. The third-order valence-corrected chi connectivity index (χ3v) is 8.66. The number of esters is 1. The SMILES string of the molecule is C=C1NC(=O)C=CN1[C@@H]1O[C@H](COP(=O)(N[C@@H](C)C(=O)OC(C)(C)C)Oc2cccc3c2CCCC3)[C@@H](O)[C@@]1(C)F. The van der Waals surface area contributed by atoms with E-state index >= 15 is 4.39 Å². The van der Waals surface area contributed by atoms with E-state index in [9.17, 15) is 19.3 Å². The summed E-state index contributed by atoms with van der Waals surface area (Å²) in [6.45, 7) is 10.9. The van der Waals surface area contributed by atoms with Crippen molar-refractivity contribution in [3.63, 3.8) is 0 Å². The zero-order chi connectivity index (χ0) is 30.2. The van der Waals surface area contributed by atoms with E-state index in [2.05, 4.69) is 17.0 Å². The normalized spacial score (nSPS) is 28.5. The molecule has 226 valence electrons. The number of ether oxygens (including phenoxy) is 2. The molecule has 2 aliphatic heterocycles. The van der Waals surface area contributed by atoms with Crippen LogP contribution in [0.15, 0.2) is 42.9 Å². The number of hydrogen-bond donors (Lipinski definition) is 3. The van der Waals surface area contributed by atoms with Gasteiger partial charge in [-0.2, -0.15) is 5.09 Å². The molecule has 11 nitrogen and oxygen atoms in total. The number of carbonyl (C=O) groups excluding carboxylic acids is 2. The molecule has 3 N–H and O–H groups in total. The predicted molar refractivity (Wildman–Crippen MR) is 148 cm³/mol. The monoisotopic (exact) mass is 595 g/mol. The molecule has 1 saturated heterocycles. The van der Waals surface area contributed by atoms with Crippen molar-refractivity contribution >= 4 is 19.6 Å². The van der Waals surface area contributed by atoms with E-state index in [-0.39, 0.29) is 5.82 Å². The first-order chi connectivity index (χ1) is 19.1. The van der Waals surface area contributed by atoms with Crippen LogP contribution in [0.2, 0.25) is 0 Å². The van der Waals surface area contributed by atoms with E-state index < -0.39 is 62.0 Å². The summed E-state index contributed by atoms with van der Waals surface area (Å²) in [5, 5.41) is 15.9. The average Bonchev–Trinajstić information content (AvgIpc) is 3.10. The van der Waals surface area contributed by atoms with Crippen LogP contribution in [0.3, 0.4) is 0 Å². The van der Waals surface area contributed by atoms with E-state index in [0.717, 1.165) is 43.7 Å². The maximum Gasteiger partial charge on any atom is 0.459 e. The Balaban J connectivity index is 1.55. The summed E-state index contributed by atoms with van der Waals surface area (Å²) in [6, 6.07) is 4.36. The van der Waals surface area contributed by atoms with Gasteiger partial charge in [-0.15, -0.1) is 0 Å². The minimum absolute atomic E-state index is 0.0656. The van der Waals surface area contributed by atoms with E-state index in [0.29, 0.717) is 5.75 Å². The summed E-state index contributed by atoms with van der Waals surface area (Å²) in [6.07, 6.45) is 1.67. The predicted octanol–water partition coefficient (Wildman–Crippen LogP) is 3.62. The number of aliphatic hydroxyl groups excluding tert-OH is 1. The quantitative estimate of drug-likeness (QED) is 0.287. The third-order valence-electron chi connectivity index (χ3n) is 7.03. The number of alkyl halides is 1. The van der Waals surface area contributed by atoms with Crippen LogP contribution in [0.25, 0.3) is 0 Å². The van der Waals surface area contributed by atoms with Crippen molar-refractivity contribution in [3.8, 4) is 5.75 Å². The van der Waals surface area contributed by atoms with Crippen molar-refractivity contribution < 1.29 is 42.2 Å². The van der Waals surface area contributed by atoms with Gasteiger partial charge in [-0.25, -0.2) is 8.96 Å². The lowest BCUT2D eigenvalue weighted by Crippen LogP contribution is -2.51.